The Hall–Kier alpha value is -0.240. The van der Waals surface area contributed by atoms with Gasteiger partial charge in [-0.05, 0) is 26.7 Å². The van der Waals surface area contributed by atoms with E-state index in [9.17, 15) is 8.42 Å². The van der Waals surface area contributed by atoms with E-state index in [0.717, 1.165) is 12.8 Å². The van der Waals surface area contributed by atoms with Gasteiger partial charge in [0.25, 0.3) is 0 Å². The Morgan fingerprint density at radius 3 is 2.67 bits per heavy atom. The molecule has 0 aliphatic carbocycles. The van der Waals surface area contributed by atoms with Gasteiger partial charge in [-0.25, -0.2) is 8.42 Å². The van der Waals surface area contributed by atoms with Gasteiger partial charge in [0.15, 0.2) is 0 Å². The number of nitrogens with two attached hydrogens (primary N) is 1. The molecule has 1 heterocycles. The fourth-order valence-corrected chi connectivity index (χ4v) is 4.07. The van der Waals surface area contributed by atoms with Crippen molar-refractivity contribution in [1.82, 2.24) is 4.31 Å². The number of sulfonamides is 1. The Morgan fingerprint density at radius 2 is 2.22 bits per heavy atom. The first-order valence-corrected chi connectivity index (χ1v) is 8.24. The smallest absolute Gasteiger partial charge is 0.216 e. The molecule has 1 fully saturated rings. The minimum atomic E-state index is -3.31. The molecule has 0 bridgehead atoms. The molecule has 1 rings (SSSR count). The van der Waals surface area contributed by atoms with Gasteiger partial charge in [0, 0.05) is 25.6 Å². The average molecular weight is 294 g/mol. The molecule has 7 heteroatoms. The van der Waals surface area contributed by atoms with Crippen LogP contribution in [0.3, 0.4) is 0 Å². The average Bonchev–Trinajstić information content (AvgIpc) is 2.67. The van der Waals surface area contributed by atoms with E-state index in [1.807, 2.05) is 13.8 Å². The van der Waals surface area contributed by atoms with Crippen LogP contribution in [0.25, 0.3) is 0 Å². The van der Waals surface area contributed by atoms with E-state index in [1.54, 1.807) is 0 Å². The third-order valence-electron chi connectivity index (χ3n) is 2.93. The van der Waals surface area contributed by atoms with Crippen LogP contribution in [0.5, 0.6) is 0 Å². The van der Waals surface area contributed by atoms with Crippen LogP contribution < -0.4 is 5.73 Å². The molecule has 1 atom stereocenters. The Labute approximate surface area is 115 Å². The third kappa shape index (κ3) is 4.79. The van der Waals surface area contributed by atoms with Gasteiger partial charge in [0.2, 0.25) is 10.0 Å². The zero-order valence-corrected chi connectivity index (χ0v) is 12.6. The predicted octanol–water partition coefficient (Wildman–Crippen LogP) is 0.882. The first-order valence-electron chi connectivity index (χ1n) is 6.22. The highest BCUT2D eigenvalue weighted by Gasteiger charge is 2.30. The van der Waals surface area contributed by atoms with Gasteiger partial charge in [-0.2, -0.15) is 4.31 Å². The maximum absolute atomic E-state index is 12.3. The van der Waals surface area contributed by atoms with E-state index in [0.29, 0.717) is 24.6 Å². The fraction of sp³-hybridized carbons (Fsp3) is 0.909. The van der Waals surface area contributed by atoms with Crippen molar-refractivity contribution in [2.45, 2.75) is 45.3 Å². The van der Waals surface area contributed by atoms with E-state index in [2.05, 4.69) is 0 Å². The Kier molecular flexibility index (Phi) is 5.97. The minimum absolute atomic E-state index is 0.0580. The number of hydrogen-bond acceptors (Lipinski definition) is 4. The van der Waals surface area contributed by atoms with Crippen molar-refractivity contribution >= 4 is 27.2 Å². The summed E-state index contributed by atoms with van der Waals surface area (Å²) in [5, 5.41) is 0. The molecule has 0 spiro atoms. The number of hydrogen-bond donors (Lipinski definition) is 1. The normalized spacial score (nSPS) is 20.8. The van der Waals surface area contributed by atoms with E-state index in [-0.39, 0.29) is 17.9 Å². The molecule has 1 aliphatic rings. The summed E-state index contributed by atoms with van der Waals surface area (Å²) in [6.45, 7) is 4.72. The zero-order chi connectivity index (χ0) is 13.8. The number of thiocarbonyl (C=S) groups is 1. The molecule has 5 nitrogen and oxygen atoms in total. The molecule has 0 amide bonds. The summed E-state index contributed by atoms with van der Waals surface area (Å²) >= 11 is 4.80. The lowest BCUT2D eigenvalue weighted by molar-refractivity contribution is 0.126. The Bertz CT molecular complexity index is 376. The first-order chi connectivity index (χ1) is 8.33. The van der Waals surface area contributed by atoms with Crippen molar-refractivity contribution in [2.24, 2.45) is 5.73 Å². The van der Waals surface area contributed by atoms with E-state index in [4.69, 9.17) is 22.7 Å². The van der Waals surface area contributed by atoms with Crippen molar-refractivity contribution in [3.05, 3.63) is 0 Å². The van der Waals surface area contributed by atoms with Crippen molar-refractivity contribution in [1.29, 1.82) is 0 Å². The number of ether oxygens (including phenoxy) is 1. The van der Waals surface area contributed by atoms with Crippen LogP contribution in [-0.4, -0.2) is 48.8 Å². The molecule has 1 unspecified atom stereocenters. The molecule has 18 heavy (non-hydrogen) atoms. The standard InChI is InChI=1S/C11H22N2O3S2/c1-9(2)13(6-5-11(12)17)18(14,15)8-10-4-3-7-16-10/h9-10H,3-8H2,1-2H3,(H2,12,17). The van der Waals surface area contributed by atoms with Gasteiger partial charge >= 0.3 is 0 Å². The molecule has 2 N–H and O–H groups in total. The van der Waals surface area contributed by atoms with E-state index >= 15 is 0 Å². The molecule has 0 aromatic rings. The lowest BCUT2D eigenvalue weighted by atomic mass is 10.3. The lowest BCUT2D eigenvalue weighted by Gasteiger charge is -2.26. The van der Waals surface area contributed by atoms with Crippen LogP contribution >= 0.6 is 12.2 Å². The summed E-state index contributed by atoms with van der Waals surface area (Å²) in [6.07, 6.45) is 2.01. The first kappa shape index (κ1) is 15.8. The van der Waals surface area contributed by atoms with Gasteiger partial charge in [0.05, 0.1) is 16.8 Å². The van der Waals surface area contributed by atoms with Gasteiger partial charge in [-0.3, -0.25) is 0 Å². The molecular weight excluding hydrogens is 272 g/mol. The van der Waals surface area contributed by atoms with Gasteiger partial charge in [-0.1, -0.05) is 12.2 Å². The third-order valence-corrected chi connectivity index (χ3v) is 5.25. The SMILES string of the molecule is CC(C)N(CCC(N)=S)S(=O)(=O)CC1CCCO1. The maximum Gasteiger partial charge on any atom is 0.216 e. The molecule has 0 aromatic heterocycles. The van der Waals surface area contributed by atoms with Gasteiger partial charge in [0.1, 0.15) is 0 Å². The molecule has 1 aliphatic heterocycles. The second-order valence-electron chi connectivity index (χ2n) is 4.83. The largest absolute Gasteiger partial charge is 0.393 e. The minimum Gasteiger partial charge on any atom is -0.393 e. The Morgan fingerprint density at radius 1 is 1.56 bits per heavy atom. The van der Waals surface area contributed by atoms with Gasteiger partial charge in [-0.15, -0.1) is 0 Å². The predicted molar refractivity (Wildman–Crippen MR) is 76.0 cm³/mol. The summed E-state index contributed by atoms with van der Waals surface area (Å²) < 4.78 is 31.5. The van der Waals surface area contributed by atoms with Crippen molar-refractivity contribution < 1.29 is 13.2 Å². The topological polar surface area (TPSA) is 72.6 Å². The summed E-state index contributed by atoms with van der Waals surface area (Å²) in [5.41, 5.74) is 5.43. The second-order valence-corrected chi connectivity index (χ2v) is 7.32. The fourth-order valence-electron chi connectivity index (χ4n) is 2.05. The van der Waals surface area contributed by atoms with Crippen molar-refractivity contribution in [3.63, 3.8) is 0 Å². The van der Waals surface area contributed by atoms with Crippen LogP contribution in [-0.2, 0) is 14.8 Å². The molecular formula is C11H22N2O3S2. The van der Waals surface area contributed by atoms with Crippen LogP contribution in [0.1, 0.15) is 33.1 Å². The van der Waals surface area contributed by atoms with Crippen molar-refractivity contribution in [3.8, 4) is 0 Å². The molecule has 0 aromatic carbocycles. The van der Waals surface area contributed by atoms with Crippen LogP contribution in [0.4, 0.5) is 0 Å². The molecule has 0 saturated carbocycles. The maximum atomic E-state index is 12.3. The molecule has 1 saturated heterocycles. The Balaban J connectivity index is 2.66. The number of rotatable bonds is 7. The molecule has 106 valence electrons. The summed E-state index contributed by atoms with van der Waals surface area (Å²) in [7, 11) is -3.31. The summed E-state index contributed by atoms with van der Waals surface area (Å²) in [4.78, 5) is 0.341. The van der Waals surface area contributed by atoms with Crippen molar-refractivity contribution in [2.75, 3.05) is 18.9 Å². The highest BCUT2D eigenvalue weighted by atomic mass is 32.2. The summed E-state index contributed by atoms with van der Waals surface area (Å²) in [6, 6.07) is -0.0919. The van der Waals surface area contributed by atoms with Gasteiger partial charge < -0.3 is 10.5 Å². The summed E-state index contributed by atoms with van der Waals surface area (Å²) in [5.74, 6) is 0.0580. The highest BCUT2D eigenvalue weighted by molar-refractivity contribution is 7.89. The highest BCUT2D eigenvalue weighted by Crippen LogP contribution is 2.17. The molecule has 0 radical (unpaired) electrons. The second kappa shape index (κ2) is 6.79. The van der Waals surface area contributed by atoms with E-state index < -0.39 is 10.0 Å². The van der Waals surface area contributed by atoms with Crippen LogP contribution in [0.2, 0.25) is 0 Å². The number of nitrogens with zero attached hydrogens (tertiary/aromatic N) is 1. The van der Waals surface area contributed by atoms with Crippen LogP contribution in [0.15, 0.2) is 0 Å². The lowest BCUT2D eigenvalue weighted by Crippen LogP contribution is -2.42. The van der Waals surface area contributed by atoms with Crippen LogP contribution in [0, 0.1) is 0 Å². The zero-order valence-electron chi connectivity index (χ0n) is 11.0. The monoisotopic (exact) mass is 294 g/mol. The van der Waals surface area contributed by atoms with E-state index in [1.165, 1.54) is 4.31 Å². The quantitative estimate of drug-likeness (QED) is 0.706.